The standard InChI is InChI=1S/C16H38O6Si3/c1-18-11-12-13(20-23(2,3)4)14(21-24(5,6)7)15(16(17)19-12)22-25(8,9)10/h12-17H,11H2,1-10H3/t12-,13-,14+,15-,16-/m1/s1. The normalized spacial score (nSPS) is 32.0. The van der Waals surface area contributed by atoms with E-state index in [1.54, 1.807) is 7.11 Å². The maximum atomic E-state index is 10.6. The summed E-state index contributed by atoms with van der Waals surface area (Å²) >= 11 is 0. The summed E-state index contributed by atoms with van der Waals surface area (Å²) in [5.41, 5.74) is 0. The second-order valence-electron chi connectivity index (χ2n) is 9.60. The average Bonchev–Trinajstić information content (AvgIpc) is 2.34. The van der Waals surface area contributed by atoms with Crippen molar-refractivity contribution in [3.05, 3.63) is 0 Å². The monoisotopic (exact) mass is 410 g/mol. The molecule has 0 aromatic carbocycles. The first kappa shape index (κ1) is 23.5. The summed E-state index contributed by atoms with van der Waals surface area (Å²) in [7, 11) is -4.05. The van der Waals surface area contributed by atoms with Crippen molar-refractivity contribution in [3.63, 3.8) is 0 Å². The van der Waals surface area contributed by atoms with Gasteiger partial charge in [-0.3, -0.25) is 0 Å². The number of ether oxygens (including phenoxy) is 2. The van der Waals surface area contributed by atoms with Crippen LogP contribution in [0.2, 0.25) is 58.9 Å². The molecule has 0 unspecified atom stereocenters. The zero-order chi connectivity index (χ0) is 19.6. The van der Waals surface area contributed by atoms with E-state index >= 15 is 0 Å². The second-order valence-corrected chi connectivity index (χ2v) is 23.0. The van der Waals surface area contributed by atoms with Crippen LogP contribution in [0.4, 0.5) is 0 Å². The van der Waals surface area contributed by atoms with Gasteiger partial charge in [-0.05, 0) is 58.9 Å². The molecule has 6 nitrogen and oxygen atoms in total. The van der Waals surface area contributed by atoms with Crippen LogP contribution >= 0.6 is 0 Å². The van der Waals surface area contributed by atoms with E-state index in [1.165, 1.54) is 0 Å². The van der Waals surface area contributed by atoms with Crippen molar-refractivity contribution >= 4 is 25.0 Å². The summed E-state index contributed by atoms with van der Waals surface area (Å²) in [6.45, 7) is 19.5. The molecule has 0 saturated carbocycles. The summed E-state index contributed by atoms with van der Waals surface area (Å²) < 4.78 is 30.4. The first-order valence-electron chi connectivity index (χ1n) is 8.99. The van der Waals surface area contributed by atoms with Crippen LogP contribution in [0, 0.1) is 0 Å². The Hall–Kier alpha value is 0.411. The number of aliphatic hydroxyl groups excluding tert-OH is 1. The van der Waals surface area contributed by atoms with Crippen LogP contribution in [-0.2, 0) is 22.8 Å². The zero-order valence-electron chi connectivity index (χ0n) is 17.6. The van der Waals surface area contributed by atoms with Gasteiger partial charge in [0.25, 0.3) is 0 Å². The summed E-state index contributed by atoms with van der Waals surface area (Å²) in [6.07, 6.45) is -2.66. The Labute approximate surface area is 156 Å². The van der Waals surface area contributed by atoms with E-state index in [1.807, 2.05) is 0 Å². The van der Waals surface area contributed by atoms with Gasteiger partial charge in [0.1, 0.15) is 24.4 Å². The highest BCUT2D eigenvalue weighted by molar-refractivity contribution is 6.70. The molecule has 0 aromatic rings. The van der Waals surface area contributed by atoms with Gasteiger partial charge in [-0.2, -0.15) is 0 Å². The molecule has 1 rings (SSSR count). The van der Waals surface area contributed by atoms with Crippen LogP contribution in [0.25, 0.3) is 0 Å². The largest absolute Gasteiger partial charge is 0.409 e. The summed E-state index contributed by atoms with van der Waals surface area (Å²) in [5.74, 6) is 0. The molecule has 150 valence electrons. The third kappa shape index (κ3) is 8.31. The SMILES string of the molecule is COC[C@H]1O[C@@H](O)[C@H](O[Si](C)(C)C)[C@@H](O[Si](C)(C)C)[C@@H]1O[Si](C)(C)C. The van der Waals surface area contributed by atoms with Crippen molar-refractivity contribution < 1.29 is 27.9 Å². The lowest BCUT2D eigenvalue weighted by molar-refractivity contribution is -0.277. The Bertz CT molecular complexity index is 416. The van der Waals surface area contributed by atoms with Crippen LogP contribution in [0.5, 0.6) is 0 Å². The van der Waals surface area contributed by atoms with Crippen molar-refractivity contribution in [2.75, 3.05) is 13.7 Å². The van der Waals surface area contributed by atoms with Gasteiger partial charge in [0.2, 0.25) is 0 Å². The van der Waals surface area contributed by atoms with E-state index in [0.29, 0.717) is 6.61 Å². The highest BCUT2D eigenvalue weighted by atomic mass is 28.4. The maximum absolute atomic E-state index is 10.6. The molecule has 1 aliphatic rings. The Balaban J connectivity index is 3.23. The predicted molar refractivity (Wildman–Crippen MR) is 107 cm³/mol. The van der Waals surface area contributed by atoms with E-state index in [-0.39, 0.29) is 18.3 Å². The van der Waals surface area contributed by atoms with Crippen LogP contribution in [-0.4, -0.2) is 74.5 Å². The highest BCUT2D eigenvalue weighted by Gasteiger charge is 2.50. The molecule has 0 aromatic heterocycles. The molecule has 9 heteroatoms. The van der Waals surface area contributed by atoms with Gasteiger partial charge in [0.05, 0.1) is 6.61 Å². The first-order valence-corrected chi connectivity index (χ1v) is 19.2. The molecular formula is C16H38O6Si3. The maximum Gasteiger partial charge on any atom is 0.184 e. The molecule has 1 aliphatic heterocycles. The molecule has 0 aliphatic carbocycles. The Morgan fingerprint density at radius 2 is 1.12 bits per heavy atom. The van der Waals surface area contributed by atoms with Crippen molar-refractivity contribution in [2.24, 2.45) is 0 Å². The molecule has 1 N–H and O–H groups in total. The third-order valence-electron chi connectivity index (χ3n) is 3.41. The van der Waals surface area contributed by atoms with Gasteiger partial charge in [0.15, 0.2) is 31.2 Å². The van der Waals surface area contributed by atoms with E-state index in [2.05, 4.69) is 58.9 Å². The van der Waals surface area contributed by atoms with Crippen molar-refractivity contribution in [3.8, 4) is 0 Å². The molecule has 5 atom stereocenters. The van der Waals surface area contributed by atoms with E-state index in [4.69, 9.17) is 22.8 Å². The minimum absolute atomic E-state index is 0.317. The minimum Gasteiger partial charge on any atom is -0.409 e. The quantitative estimate of drug-likeness (QED) is 0.621. The van der Waals surface area contributed by atoms with Crippen molar-refractivity contribution in [1.82, 2.24) is 0 Å². The average molecular weight is 411 g/mol. The molecule has 1 fully saturated rings. The fourth-order valence-corrected chi connectivity index (χ4v) is 6.07. The highest BCUT2D eigenvalue weighted by Crippen LogP contribution is 2.32. The number of rotatable bonds is 8. The van der Waals surface area contributed by atoms with Gasteiger partial charge in [-0.15, -0.1) is 0 Å². The molecular weight excluding hydrogens is 372 g/mol. The van der Waals surface area contributed by atoms with Crippen molar-refractivity contribution in [2.45, 2.75) is 89.6 Å². The summed E-state index contributed by atoms with van der Waals surface area (Å²) in [4.78, 5) is 0. The van der Waals surface area contributed by atoms with Gasteiger partial charge >= 0.3 is 0 Å². The molecule has 0 bridgehead atoms. The molecule has 25 heavy (non-hydrogen) atoms. The van der Waals surface area contributed by atoms with Crippen molar-refractivity contribution in [1.29, 1.82) is 0 Å². The van der Waals surface area contributed by atoms with Gasteiger partial charge in [-0.1, -0.05) is 0 Å². The third-order valence-corrected chi connectivity index (χ3v) is 6.35. The minimum atomic E-state index is -1.91. The topological polar surface area (TPSA) is 66.4 Å². The van der Waals surface area contributed by atoms with Gasteiger partial charge < -0.3 is 27.9 Å². The zero-order valence-corrected chi connectivity index (χ0v) is 20.6. The lowest BCUT2D eigenvalue weighted by Gasteiger charge is -2.49. The van der Waals surface area contributed by atoms with Gasteiger partial charge in [0, 0.05) is 7.11 Å². The Morgan fingerprint density at radius 3 is 1.52 bits per heavy atom. The van der Waals surface area contributed by atoms with E-state index < -0.39 is 37.3 Å². The molecule has 0 amide bonds. The van der Waals surface area contributed by atoms with Crippen LogP contribution < -0.4 is 0 Å². The van der Waals surface area contributed by atoms with Gasteiger partial charge in [-0.25, -0.2) is 0 Å². The summed E-state index contributed by atoms with van der Waals surface area (Å²) in [5, 5.41) is 10.6. The first-order chi connectivity index (χ1) is 11.1. The summed E-state index contributed by atoms with van der Waals surface area (Å²) in [6, 6.07) is 0. The smallest absolute Gasteiger partial charge is 0.184 e. The fourth-order valence-electron chi connectivity index (χ4n) is 2.82. The molecule has 1 saturated heterocycles. The number of hydrogen-bond acceptors (Lipinski definition) is 6. The van der Waals surface area contributed by atoms with E-state index in [0.717, 1.165) is 0 Å². The van der Waals surface area contributed by atoms with E-state index in [9.17, 15) is 5.11 Å². The fraction of sp³-hybridized carbons (Fsp3) is 1.00. The predicted octanol–water partition coefficient (Wildman–Crippen LogP) is 3.01. The Kier molecular flexibility index (Phi) is 8.08. The van der Waals surface area contributed by atoms with Crippen LogP contribution in [0.3, 0.4) is 0 Å². The number of methoxy groups -OCH3 is 1. The molecule has 0 radical (unpaired) electrons. The number of hydrogen-bond donors (Lipinski definition) is 1. The molecule has 0 spiro atoms. The molecule has 1 heterocycles. The lowest BCUT2D eigenvalue weighted by Crippen LogP contribution is -2.65. The van der Waals surface area contributed by atoms with Crippen LogP contribution in [0.15, 0.2) is 0 Å². The lowest BCUT2D eigenvalue weighted by atomic mass is 9.99. The number of aliphatic hydroxyl groups is 1. The Morgan fingerprint density at radius 1 is 0.720 bits per heavy atom. The van der Waals surface area contributed by atoms with Crippen LogP contribution in [0.1, 0.15) is 0 Å². The second kappa shape index (κ2) is 8.61.